The second kappa shape index (κ2) is 11.4. The molecule has 0 radical (unpaired) electrons. The van der Waals surface area contributed by atoms with Crippen LogP contribution >= 0.6 is 21.6 Å². The van der Waals surface area contributed by atoms with Crippen molar-refractivity contribution < 1.29 is 41.0 Å². The Morgan fingerprint density at radius 2 is 1.71 bits per heavy atom. The van der Waals surface area contributed by atoms with Crippen molar-refractivity contribution >= 4 is 43.5 Å². The number of benzene rings is 1. The molecule has 0 aromatic heterocycles. The Labute approximate surface area is 167 Å². The summed E-state index contributed by atoms with van der Waals surface area (Å²) in [5, 5.41) is 10.9. The zero-order valence-electron chi connectivity index (χ0n) is 14.2. The number of amides is 1. The van der Waals surface area contributed by atoms with E-state index in [4.69, 9.17) is 5.11 Å². The van der Waals surface area contributed by atoms with E-state index in [1.165, 1.54) is 21.6 Å². The van der Waals surface area contributed by atoms with Gasteiger partial charge < -0.3 is 15.2 Å². The van der Waals surface area contributed by atoms with Crippen LogP contribution in [0, 0.1) is 0 Å². The Morgan fingerprint density at radius 1 is 1.11 bits per heavy atom. The number of aliphatic carboxylic acids is 1. The zero-order chi connectivity index (χ0) is 21.2. The summed E-state index contributed by atoms with van der Waals surface area (Å²) in [5.74, 6) is -1.11. The number of sulfonamides is 1. The summed E-state index contributed by atoms with van der Waals surface area (Å²) in [6.07, 6.45) is -4.85. The fourth-order valence-electron chi connectivity index (χ4n) is 1.61. The molecule has 1 aromatic rings. The van der Waals surface area contributed by atoms with Crippen LogP contribution in [0.3, 0.4) is 0 Å². The number of carbonyl (C=O) groups is 2. The molecule has 0 heterocycles. The molecule has 0 aliphatic rings. The van der Waals surface area contributed by atoms with Gasteiger partial charge in [-0.05, 0) is 24.3 Å². The summed E-state index contributed by atoms with van der Waals surface area (Å²) >= 11 is 0. The number of alkyl halides is 3. The van der Waals surface area contributed by atoms with Gasteiger partial charge in [-0.1, -0.05) is 21.6 Å². The van der Waals surface area contributed by atoms with Gasteiger partial charge in [0.1, 0.15) is 5.75 Å². The summed E-state index contributed by atoms with van der Waals surface area (Å²) in [6.45, 7) is -0.283. The Hall–Kier alpha value is -1.64. The van der Waals surface area contributed by atoms with Crippen molar-refractivity contribution in [3.8, 4) is 5.75 Å². The van der Waals surface area contributed by atoms with Crippen molar-refractivity contribution in [1.82, 2.24) is 10.0 Å². The number of hydrogen-bond acceptors (Lipinski definition) is 7. The van der Waals surface area contributed by atoms with Gasteiger partial charge in [0.25, 0.3) is 0 Å². The number of hydrogen-bond donors (Lipinski definition) is 3. The van der Waals surface area contributed by atoms with Crippen molar-refractivity contribution in [2.45, 2.75) is 17.7 Å². The van der Waals surface area contributed by atoms with E-state index >= 15 is 0 Å². The van der Waals surface area contributed by atoms with E-state index in [9.17, 15) is 31.2 Å². The average Bonchev–Trinajstić information content (AvgIpc) is 2.58. The molecule has 8 nitrogen and oxygen atoms in total. The van der Waals surface area contributed by atoms with Gasteiger partial charge in [-0.2, -0.15) is 0 Å². The van der Waals surface area contributed by atoms with E-state index < -0.39 is 40.6 Å². The first-order chi connectivity index (χ1) is 13.0. The minimum absolute atomic E-state index is 0.0368. The molecule has 1 aromatic carbocycles. The van der Waals surface area contributed by atoms with Gasteiger partial charge in [-0.25, -0.2) is 13.1 Å². The van der Waals surface area contributed by atoms with Gasteiger partial charge in [-0.15, -0.1) is 13.2 Å². The molecular formula is C14H17F3N2O6S3. The molecule has 3 N–H and O–H groups in total. The molecule has 0 spiro atoms. The number of nitrogens with one attached hydrogen (secondary N) is 2. The van der Waals surface area contributed by atoms with E-state index in [1.54, 1.807) is 0 Å². The third-order valence-corrected chi connectivity index (χ3v) is 6.61. The van der Waals surface area contributed by atoms with Crippen LogP contribution in [0.2, 0.25) is 0 Å². The SMILES string of the molecule is O=C(O)CCSSCCNC(=O)CNS(=O)(=O)c1ccc(OC(F)(F)F)cc1. The van der Waals surface area contributed by atoms with E-state index in [2.05, 4.69) is 10.1 Å². The average molecular weight is 462 g/mol. The normalized spacial score (nSPS) is 11.8. The Bertz CT molecular complexity index is 757. The standard InChI is InChI=1S/C14H17F3N2O6S3/c15-14(16,17)25-10-1-3-11(4-2-10)28(23,24)19-9-12(20)18-6-8-27-26-7-5-13(21)22/h1-4,19H,5-9H2,(H,18,20)(H,21,22). The van der Waals surface area contributed by atoms with Crippen LogP contribution in [0.1, 0.15) is 6.42 Å². The molecule has 0 bridgehead atoms. The van der Waals surface area contributed by atoms with Gasteiger partial charge in [0, 0.05) is 18.1 Å². The van der Waals surface area contributed by atoms with Gasteiger partial charge in [0.05, 0.1) is 17.9 Å². The molecule has 0 unspecified atom stereocenters. The second-order valence-corrected chi connectivity index (χ2v) is 9.45. The molecule has 0 fully saturated rings. The Kier molecular flexibility index (Phi) is 9.92. The third-order valence-electron chi connectivity index (χ3n) is 2.78. The maximum absolute atomic E-state index is 12.1. The highest BCUT2D eigenvalue weighted by Crippen LogP contribution is 2.24. The summed E-state index contributed by atoms with van der Waals surface area (Å²) in [7, 11) is -1.36. The zero-order valence-corrected chi connectivity index (χ0v) is 16.6. The molecule has 0 saturated heterocycles. The van der Waals surface area contributed by atoms with Gasteiger partial charge in [0.15, 0.2) is 0 Å². The van der Waals surface area contributed by atoms with Crippen LogP contribution in [0.15, 0.2) is 29.2 Å². The monoisotopic (exact) mass is 462 g/mol. The van der Waals surface area contributed by atoms with E-state index in [0.29, 0.717) is 11.5 Å². The number of halogens is 3. The van der Waals surface area contributed by atoms with Crippen molar-refractivity contribution in [2.24, 2.45) is 0 Å². The van der Waals surface area contributed by atoms with Crippen molar-refractivity contribution in [3.63, 3.8) is 0 Å². The smallest absolute Gasteiger partial charge is 0.481 e. The third kappa shape index (κ3) is 10.6. The van der Waals surface area contributed by atoms with Crippen LogP contribution in [0.25, 0.3) is 0 Å². The number of carboxylic acid groups (broad SMARTS) is 1. The van der Waals surface area contributed by atoms with Crippen molar-refractivity contribution in [2.75, 3.05) is 24.6 Å². The number of rotatable bonds is 12. The largest absolute Gasteiger partial charge is 0.573 e. The lowest BCUT2D eigenvalue weighted by atomic mass is 10.3. The fraction of sp³-hybridized carbons (Fsp3) is 0.429. The molecule has 0 aliphatic heterocycles. The van der Waals surface area contributed by atoms with E-state index in [1.807, 2.05) is 4.72 Å². The quantitative estimate of drug-likeness (QED) is 0.318. The van der Waals surface area contributed by atoms with E-state index in [0.717, 1.165) is 24.3 Å². The Morgan fingerprint density at radius 3 is 2.29 bits per heavy atom. The minimum Gasteiger partial charge on any atom is -0.481 e. The number of carboxylic acids is 1. The summed E-state index contributed by atoms with van der Waals surface area (Å²) in [6, 6.07) is 3.54. The lowest BCUT2D eigenvalue weighted by Gasteiger charge is -2.10. The maximum Gasteiger partial charge on any atom is 0.573 e. The highest BCUT2D eigenvalue weighted by Gasteiger charge is 2.31. The first-order valence-corrected chi connectivity index (χ1v) is 11.5. The molecule has 0 aliphatic carbocycles. The minimum atomic E-state index is -4.89. The van der Waals surface area contributed by atoms with Crippen molar-refractivity contribution in [1.29, 1.82) is 0 Å². The lowest BCUT2D eigenvalue weighted by Crippen LogP contribution is -2.37. The van der Waals surface area contributed by atoms with Crippen LogP contribution in [0.4, 0.5) is 13.2 Å². The number of carbonyl (C=O) groups excluding carboxylic acids is 1. The topological polar surface area (TPSA) is 122 Å². The van der Waals surface area contributed by atoms with Crippen molar-refractivity contribution in [3.05, 3.63) is 24.3 Å². The molecule has 1 rings (SSSR count). The van der Waals surface area contributed by atoms with Crippen LogP contribution in [0.5, 0.6) is 5.75 Å². The van der Waals surface area contributed by atoms with Crippen LogP contribution < -0.4 is 14.8 Å². The van der Waals surface area contributed by atoms with Crippen LogP contribution in [-0.4, -0.2) is 56.4 Å². The van der Waals surface area contributed by atoms with Gasteiger partial charge in [0.2, 0.25) is 15.9 Å². The molecule has 28 heavy (non-hydrogen) atoms. The maximum atomic E-state index is 12.1. The predicted molar refractivity (Wildman–Crippen MR) is 98.5 cm³/mol. The lowest BCUT2D eigenvalue weighted by molar-refractivity contribution is -0.274. The molecule has 14 heteroatoms. The molecule has 0 atom stereocenters. The van der Waals surface area contributed by atoms with Gasteiger partial charge >= 0.3 is 12.3 Å². The van der Waals surface area contributed by atoms with E-state index in [-0.39, 0.29) is 17.9 Å². The predicted octanol–water partition coefficient (Wildman–Crippen LogP) is 1.84. The summed E-state index contributed by atoms with van der Waals surface area (Å²) < 4.78 is 66.0. The highest BCUT2D eigenvalue weighted by atomic mass is 33.1. The summed E-state index contributed by atoms with van der Waals surface area (Å²) in [5.41, 5.74) is 0. The van der Waals surface area contributed by atoms with Gasteiger partial charge in [-0.3, -0.25) is 9.59 Å². The first kappa shape index (κ1) is 24.4. The number of ether oxygens (including phenoxy) is 1. The first-order valence-electron chi connectivity index (χ1n) is 7.58. The molecular weight excluding hydrogens is 445 g/mol. The fourth-order valence-corrected chi connectivity index (χ4v) is 4.47. The highest BCUT2D eigenvalue weighted by molar-refractivity contribution is 8.76. The molecule has 0 saturated carbocycles. The van der Waals surface area contributed by atoms with Crippen LogP contribution in [-0.2, 0) is 19.6 Å². The molecule has 158 valence electrons. The molecule has 1 amide bonds. The Balaban J connectivity index is 2.34. The second-order valence-electron chi connectivity index (χ2n) is 4.98. The summed E-state index contributed by atoms with van der Waals surface area (Å²) in [4.78, 5) is 21.6.